The van der Waals surface area contributed by atoms with Crippen molar-refractivity contribution in [3.05, 3.63) is 59.3 Å². The minimum atomic E-state index is -0.0609. The second kappa shape index (κ2) is 6.83. The van der Waals surface area contributed by atoms with Crippen LogP contribution in [0.25, 0.3) is 10.9 Å². The number of hydrogen-bond acceptors (Lipinski definition) is 3. The van der Waals surface area contributed by atoms with E-state index in [1.807, 2.05) is 44.3 Å². The molecule has 0 atom stereocenters. The average Bonchev–Trinajstić information content (AvgIpc) is 3.02. The highest BCUT2D eigenvalue weighted by Crippen LogP contribution is 2.20. The largest absolute Gasteiger partial charge is 0.350 e. The molecule has 1 N–H and O–H groups in total. The lowest BCUT2D eigenvalue weighted by Crippen LogP contribution is -2.28. The maximum absolute atomic E-state index is 12.6. The number of benzene rings is 1. The molecule has 0 saturated carbocycles. The van der Waals surface area contributed by atoms with Crippen LogP contribution in [-0.4, -0.2) is 27.0 Å². The molecule has 0 aliphatic rings. The zero-order valence-corrected chi connectivity index (χ0v) is 14.3. The SMILES string of the molecule is CCc1nccn1CCNC(=O)c1cc(C)nc2ccc(C)cc12. The van der Waals surface area contributed by atoms with Crippen LogP contribution >= 0.6 is 0 Å². The summed E-state index contributed by atoms with van der Waals surface area (Å²) in [5.74, 6) is 0.972. The number of pyridine rings is 1. The van der Waals surface area contributed by atoms with Gasteiger partial charge in [-0.05, 0) is 32.0 Å². The molecule has 0 radical (unpaired) electrons. The number of hydrogen-bond donors (Lipinski definition) is 1. The molecule has 3 aromatic rings. The maximum Gasteiger partial charge on any atom is 0.252 e. The topological polar surface area (TPSA) is 59.8 Å². The molecular weight excluding hydrogens is 300 g/mol. The highest BCUT2D eigenvalue weighted by Gasteiger charge is 2.12. The van der Waals surface area contributed by atoms with Crippen LogP contribution in [-0.2, 0) is 13.0 Å². The Balaban J connectivity index is 1.77. The van der Waals surface area contributed by atoms with Gasteiger partial charge in [0.25, 0.3) is 5.91 Å². The highest BCUT2D eigenvalue weighted by atomic mass is 16.1. The Morgan fingerprint density at radius 3 is 2.88 bits per heavy atom. The van der Waals surface area contributed by atoms with Crippen LogP contribution < -0.4 is 5.32 Å². The van der Waals surface area contributed by atoms with E-state index in [2.05, 4.69) is 26.8 Å². The zero-order chi connectivity index (χ0) is 17.1. The molecule has 1 aromatic carbocycles. The average molecular weight is 322 g/mol. The summed E-state index contributed by atoms with van der Waals surface area (Å²) < 4.78 is 2.07. The van der Waals surface area contributed by atoms with Crippen molar-refractivity contribution < 1.29 is 4.79 Å². The number of aromatic nitrogens is 3. The number of amides is 1. The lowest BCUT2D eigenvalue weighted by Gasteiger charge is -2.11. The van der Waals surface area contributed by atoms with Gasteiger partial charge >= 0.3 is 0 Å². The number of aryl methyl sites for hydroxylation is 3. The van der Waals surface area contributed by atoms with Crippen molar-refractivity contribution in [3.63, 3.8) is 0 Å². The first-order chi connectivity index (χ1) is 11.6. The van der Waals surface area contributed by atoms with Crippen LogP contribution in [0.3, 0.4) is 0 Å². The summed E-state index contributed by atoms with van der Waals surface area (Å²) >= 11 is 0. The molecule has 5 heteroatoms. The van der Waals surface area contributed by atoms with Gasteiger partial charge in [0.05, 0.1) is 11.1 Å². The third-order valence-electron chi connectivity index (χ3n) is 4.09. The van der Waals surface area contributed by atoms with E-state index in [0.717, 1.165) is 41.0 Å². The normalized spacial score (nSPS) is 11.0. The lowest BCUT2D eigenvalue weighted by molar-refractivity contribution is 0.0953. The number of nitrogens with zero attached hydrogens (tertiary/aromatic N) is 3. The van der Waals surface area contributed by atoms with Gasteiger partial charge in [0.2, 0.25) is 0 Å². The molecule has 0 unspecified atom stereocenters. The van der Waals surface area contributed by atoms with E-state index >= 15 is 0 Å². The van der Waals surface area contributed by atoms with Gasteiger partial charge in [0, 0.05) is 43.0 Å². The Labute approximate surface area is 141 Å². The predicted molar refractivity (Wildman–Crippen MR) is 95.2 cm³/mol. The molecular formula is C19H22N4O. The van der Waals surface area contributed by atoms with Crippen LogP contribution in [0.4, 0.5) is 0 Å². The Morgan fingerprint density at radius 2 is 2.08 bits per heavy atom. The molecule has 5 nitrogen and oxygen atoms in total. The van der Waals surface area contributed by atoms with Crippen molar-refractivity contribution in [1.29, 1.82) is 0 Å². The quantitative estimate of drug-likeness (QED) is 0.785. The Bertz CT molecular complexity index is 882. The summed E-state index contributed by atoms with van der Waals surface area (Å²) in [6.45, 7) is 7.29. The van der Waals surface area contributed by atoms with Gasteiger partial charge in [-0.1, -0.05) is 18.6 Å². The molecule has 0 aliphatic carbocycles. The van der Waals surface area contributed by atoms with Crippen LogP contribution in [0.1, 0.15) is 34.4 Å². The number of carbonyl (C=O) groups is 1. The number of carbonyl (C=O) groups excluding carboxylic acids is 1. The van der Waals surface area contributed by atoms with Gasteiger partial charge in [-0.2, -0.15) is 0 Å². The van der Waals surface area contributed by atoms with Crippen LogP contribution in [0.15, 0.2) is 36.7 Å². The first-order valence-electron chi connectivity index (χ1n) is 8.24. The second-order valence-electron chi connectivity index (χ2n) is 5.98. The van der Waals surface area contributed by atoms with Gasteiger partial charge in [0.1, 0.15) is 5.82 Å². The van der Waals surface area contributed by atoms with Crippen molar-refractivity contribution in [2.24, 2.45) is 0 Å². The summed E-state index contributed by atoms with van der Waals surface area (Å²) in [4.78, 5) is 21.4. The summed E-state index contributed by atoms with van der Waals surface area (Å²) in [6, 6.07) is 7.85. The Kier molecular flexibility index (Phi) is 4.60. The van der Waals surface area contributed by atoms with E-state index in [-0.39, 0.29) is 5.91 Å². The van der Waals surface area contributed by atoms with Crippen molar-refractivity contribution in [3.8, 4) is 0 Å². The third kappa shape index (κ3) is 3.30. The maximum atomic E-state index is 12.6. The fourth-order valence-corrected chi connectivity index (χ4v) is 2.90. The zero-order valence-electron chi connectivity index (χ0n) is 14.3. The summed E-state index contributed by atoms with van der Waals surface area (Å²) in [6.07, 6.45) is 4.62. The number of nitrogens with one attached hydrogen (secondary N) is 1. The molecule has 2 aromatic heterocycles. The predicted octanol–water partition coefficient (Wildman–Crippen LogP) is 3.04. The van der Waals surface area contributed by atoms with Crippen LogP contribution in [0, 0.1) is 13.8 Å². The molecule has 1 amide bonds. The summed E-state index contributed by atoms with van der Waals surface area (Å²) in [5.41, 5.74) is 3.50. The third-order valence-corrected chi connectivity index (χ3v) is 4.09. The number of fused-ring (bicyclic) bond motifs is 1. The van der Waals surface area contributed by atoms with Crippen LogP contribution in [0.5, 0.6) is 0 Å². The highest BCUT2D eigenvalue weighted by molar-refractivity contribution is 6.06. The first-order valence-corrected chi connectivity index (χ1v) is 8.24. The molecule has 24 heavy (non-hydrogen) atoms. The van der Waals surface area contributed by atoms with Crippen molar-refractivity contribution >= 4 is 16.8 Å². The van der Waals surface area contributed by atoms with Gasteiger partial charge in [-0.25, -0.2) is 4.98 Å². The molecule has 0 aliphatic heterocycles. The number of rotatable bonds is 5. The Hall–Kier alpha value is -2.69. The Morgan fingerprint density at radius 1 is 1.25 bits per heavy atom. The number of imidazole rings is 1. The van der Waals surface area contributed by atoms with Gasteiger partial charge in [-0.15, -0.1) is 0 Å². The van der Waals surface area contributed by atoms with E-state index in [0.29, 0.717) is 12.1 Å². The second-order valence-corrected chi connectivity index (χ2v) is 5.98. The molecule has 0 saturated heterocycles. The van der Waals surface area contributed by atoms with E-state index < -0.39 is 0 Å². The summed E-state index contributed by atoms with van der Waals surface area (Å²) in [5, 5.41) is 3.91. The van der Waals surface area contributed by atoms with Gasteiger partial charge in [-0.3, -0.25) is 9.78 Å². The molecule has 0 bridgehead atoms. The molecule has 124 valence electrons. The van der Waals surface area contributed by atoms with E-state index in [1.165, 1.54) is 0 Å². The van der Waals surface area contributed by atoms with E-state index in [1.54, 1.807) is 6.20 Å². The fraction of sp³-hybridized carbons (Fsp3) is 0.316. The standard InChI is InChI=1S/C19H22N4O/c1-4-18-20-7-9-23(18)10-8-21-19(24)16-12-14(3)22-17-6-5-13(2)11-15(16)17/h5-7,9,11-12H,4,8,10H2,1-3H3,(H,21,24). The minimum absolute atomic E-state index is 0.0609. The fourth-order valence-electron chi connectivity index (χ4n) is 2.90. The monoisotopic (exact) mass is 322 g/mol. The minimum Gasteiger partial charge on any atom is -0.350 e. The molecule has 2 heterocycles. The van der Waals surface area contributed by atoms with E-state index in [4.69, 9.17) is 0 Å². The molecule has 3 rings (SSSR count). The van der Waals surface area contributed by atoms with E-state index in [9.17, 15) is 4.79 Å². The van der Waals surface area contributed by atoms with Gasteiger partial charge < -0.3 is 9.88 Å². The van der Waals surface area contributed by atoms with Crippen molar-refractivity contribution in [2.45, 2.75) is 33.7 Å². The van der Waals surface area contributed by atoms with Crippen molar-refractivity contribution in [1.82, 2.24) is 19.9 Å². The molecule has 0 fully saturated rings. The first kappa shape index (κ1) is 16.2. The van der Waals surface area contributed by atoms with Gasteiger partial charge in [0.15, 0.2) is 0 Å². The lowest BCUT2D eigenvalue weighted by atomic mass is 10.0. The molecule has 0 spiro atoms. The van der Waals surface area contributed by atoms with Crippen LogP contribution in [0.2, 0.25) is 0 Å². The van der Waals surface area contributed by atoms with Crippen molar-refractivity contribution in [2.75, 3.05) is 6.54 Å². The smallest absolute Gasteiger partial charge is 0.252 e. The summed E-state index contributed by atoms with van der Waals surface area (Å²) in [7, 11) is 0.